The van der Waals surface area contributed by atoms with E-state index in [4.69, 9.17) is 9.15 Å². The standard InChI is InChI=1S/C11H14N2O2S/c1-2-12-6-9-7-14-11(13-9)15-8-10-4-3-5-16-10/h3-5,7,12H,2,6,8H2,1H3. The zero-order chi connectivity index (χ0) is 11.2. The lowest BCUT2D eigenvalue weighted by Crippen LogP contribution is -2.11. The van der Waals surface area contributed by atoms with Crippen LogP contribution < -0.4 is 10.1 Å². The lowest BCUT2D eigenvalue weighted by molar-refractivity contribution is 0.222. The van der Waals surface area contributed by atoms with E-state index in [0.29, 0.717) is 19.2 Å². The van der Waals surface area contributed by atoms with E-state index in [0.717, 1.165) is 17.1 Å². The second-order valence-electron chi connectivity index (χ2n) is 3.25. The topological polar surface area (TPSA) is 47.3 Å². The average Bonchev–Trinajstić information content (AvgIpc) is 2.95. The monoisotopic (exact) mass is 238 g/mol. The Labute approximate surface area is 98.3 Å². The highest BCUT2D eigenvalue weighted by molar-refractivity contribution is 7.09. The fraction of sp³-hybridized carbons (Fsp3) is 0.364. The van der Waals surface area contributed by atoms with Crippen molar-refractivity contribution >= 4 is 11.3 Å². The van der Waals surface area contributed by atoms with Crippen molar-refractivity contribution in [3.63, 3.8) is 0 Å². The van der Waals surface area contributed by atoms with Crippen molar-refractivity contribution in [2.45, 2.75) is 20.1 Å². The molecule has 0 bridgehead atoms. The van der Waals surface area contributed by atoms with E-state index in [1.807, 2.05) is 24.4 Å². The fourth-order valence-electron chi connectivity index (χ4n) is 1.22. The van der Waals surface area contributed by atoms with Crippen LogP contribution in [-0.4, -0.2) is 11.5 Å². The molecule has 0 aromatic carbocycles. The molecule has 2 aromatic rings. The van der Waals surface area contributed by atoms with Gasteiger partial charge in [0, 0.05) is 11.4 Å². The van der Waals surface area contributed by atoms with Crippen molar-refractivity contribution in [3.8, 4) is 6.08 Å². The number of nitrogens with one attached hydrogen (secondary N) is 1. The predicted octanol–water partition coefficient (Wildman–Crippen LogP) is 2.42. The highest BCUT2D eigenvalue weighted by Crippen LogP contribution is 2.14. The van der Waals surface area contributed by atoms with Crippen LogP contribution in [0.4, 0.5) is 0 Å². The molecule has 0 radical (unpaired) electrons. The van der Waals surface area contributed by atoms with Crippen molar-refractivity contribution in [2.75, 3.05) is 6.54 Å². The Morgan fingerprint density at radius 3 is 3.25 bits per heavy atom. The van der Waals surface area contributed by atoms with Crippen LogP contribution in [-0.2, 0) is 13.2 Å². The molecule has 0 saturated heterocycles. The maximum absolute atomic E-state index is 5.42. The number of nitrogens with zero attached hydrogens (tertiary/aromatic N) is 1. The minimum atomic E-state index is 0.335. The minimum Gasteiger partial charge on any atom is -0.444 e. The molecule has 0 saturated carbocycles. The largest absolute Gasteiger partial charge is 0.444 e. The van der Waals surface area contributed by atoms with Crippen molar-refractivity contribution in [1.29, 1.82) is 0 Å². The second kappa shape index (κ2) is 5.67. The Kier molecular flexibility index (Phi) is 3.96. The molecular formula is C11H14N2O2S. The van der Waals surface area contributed by atoms with Gasteiger partial charge in [-0.2, -0.15) is 4.98 Å². The first-order chi connectivity index (χ1) is 7.88. The third-order valence-corrected chi connectivity index (χ3v) is 2.85. The number of oxazole rings is 1. The van der Waals surface area contributed by atoms with Crippen LogP contribution in [0.1, 0.15) is 17.5 Å². The third-order valence-electron chi connectivity index (χ3n) is 2.00. The van der Waals surface area contributed by atoms with Crippen molar-refractivity contribution in [2.24, 2.45) is 0 Å². The molecule has 2 aromatic heterocycles. The summed E-state index contributed by atoms with van der Waals surface area (Å²) in [6, 6.07) is 4.02. The van der Waals surface area contributed by atoms with Gasteiger partial charge in [-0.05, 0) is 18.0 Å². The van der Waals surface area contributed by atoms with E-state index in [9.17, 15) is 0 Å². The van der Waals surface area contributed by atoms with Crippen molar-refractivity contribution in [3.05, 3.63) is 34.3 Å². The Morgan fingerprint density at radius 1 is 1.56 bits per heavy atom. The van der Waals surface area contributed by atoms with E-state index in [2.05, 4.69) is 10.3 Å². The molecular weight excluding hydrogens is 224 g/mol. The van der Waals surface area contributed by atoms with Gasteiger partial charge in [-0.25, -0.2) is 0 Å². The number of hydrogen-bond acceptors (Lipinski definition) is 5. The first-order valence-corrected chi connectivity index (χ1v) is 6.06. The van der Waals surface area contributed by atoms with Gasteiger partial charge in [-0.1, -0.05) is 13.0 Å². The lowest BCUT2D eigenvalue weighted by Gasteiger charge is -1.97. The maximum Gasteiger partial charge on any atom is 0.394 e. The summed E-state index contributed by atoms with van der Waals surface area (Å²) >= 11 is 1.66. The highest BCUT2D eigenvalue weighted by atomic mass is 32.1. The summed E-state index contributed by atoms with van der Waals surface area (Å²) in [7, 11) is 0. The van der Waals surface area contributed by atoms with Gasteiger partial charge in [0.2, 0.25) is 0 Å². The van der Waals surface area contributed by atoms with Gasteiger partial charge in [-0.15, -0.1) is 11.3 Å². The molecule has 0 atom stereocenters. The molecule has 0 aliphatic carbocycles. The minimum absolute atomic E-state index is 0.335. The first-order valence-electron chi connectivity index (χ1n) is 5.19. The molecule has 0 unspecified atom stereocenters. The van der Waals surface area contributed by atoms with Crippen LogP contribution in [0.2, 0.25) is 0 Å². The van der Waals surface area contributed by atoms with Crippen molar-refractivity contribution < 1.29 is 9.15 Å². The van der Waals surface area contributed by atoms with E-state index in [-0.39, 0.29) is 0 Å². The van der Waals surface area contributed by atoms with Gasteiger partial charge < -0.3 is 14.5 Å². The van der Waals surface area contributed by atoms with Crippen LogP contribution in [0.3, 0.4) is 0 Å². The second-order valence-corrected chi connectivity index (χ2v) is 4.29. The Balaban J connectivity index is 1.83. The molecule has 2 rings (SSSR count). The van der Waals surface area contributed by atoms with Gasteiger partial charge in [0.15, 0.2) is 0 Å². The third kappa shape index (κ3) is 3.08. The van der Waals surface area contributed by atoms with Crippen molar-refractivity contribution in [1.82, 2.24) is 10.3 Å². The summed E-state index contributed by atoms with van der Waals surface area (Å²) in [5.74, 6) is 0. The zero-order valence-corrected chi connectivity index (χ0v) is 9.92. The van der Waals surface area contributed by atoms with E-state index < -0.39 is 0 Å². The van der Waals surface area contributed by atoms with Crippen LogP contribution >= 0.6 is 11.3 Å². The molecule has 0 spiro atoms. The normalized spacial score (nSPS) is 10.6. The Bertz CT molecular complexity index is 411. The van der Waals surface area contributed by atoms with Gasteiger partial charge in [-0.3, -0.25) is 0 Å². The van der Waals surface area contributed by atoms with Crippen LogP contribution in [0.25, 0.3) is 0 Å². The SMILES string of the molecule is CCNCc1coc(OCc2cccs2)n1. The summed E-state index contributed by atoms with van der Waals surface area (Å²) in [6.45, 7) is 4.19. The molecule has 4 nitrogen and oxygen atoms in total. The lowest BCUT2D eigenvalue weighted by atomic mass is 10.5. The number of thiophene rings is 1. The van der Waals surface area contributed by atoms with E-state index in [1.165, 1.54) is 0 Å². The van der Waals surface area contributed by atoms with E-state index in [1.54, 1.807) is 17.6 Å². The smallest absolute Gasteiger partial charge is 0.394 e. The number of ether oxygens (including phenoxy) is 1. The van der Waals surface area contributed by atoms with Gasteiger partial charge in [0.05, 0.1) is 5.69 Å². The average molecular weight is 238 g/mol. The number of rotatable bonds is 6. The fourth-order valence-corrected chi connectivity index (χ4v) is 1.83. The number of hydrogen-bond donors (Lipinski definition) is 1. The first kappa shape index (κ1) is 11.2. The predicted molar refractivity (Wildman–Crippen MR) is 62.5 cm³/mol. The molecule has 0 fully saturated rings. The molecule has 2 heterocycles. The summed E-state index contributed by atoms with van der Waals surface area (Å²) in [5.41, 5.74) is 0.864. The van der Waals surface area contributed by atoms with Crippen LogP contribution in [0.15, 0.2) is 28.2 Å². The number of aromatic nitrogens is 1. The van der Waals surface area contributed by atoms with E-state index >= 15 is 0 Å². The zero-order valence-electron chi connectivity index (χ0n) is 9.10. The summed E-state index contributed by atoms with van der Waals surface area (Å²) < 4.78 is 10.6. The van der Waals surface area contributed by atoms with Gasteiger partial charge in [0.1, 0.15) is 12.9 Å². The molecule has 0 aliphatic rings. The van der Waals surface area contributed by atoms with Gasteiger partial charge in [0.25, 0.3) is 0 Å². The summed E-state index contributed by atoms with van der Waals surface area (Å²) in [4.78, 5) is 5.36. The Morgan fingerprint density at radius 2 is 2.50 bits per heavy atom. The molecule has 1 N–H and O–H groups in total. The van der Waals surface area contributed by atoms with Crippen LogP contribution in [0, 0.1) is 0 Å². The molecule has 5 heteroatoms. The molecule has 16 heavy (non-hydrogen) atoms. The molecule has 86 valence electrons. The Hall–Kier alpha value is -1.33. The summed E-state index contributed by atoms with van der Waals surface area (Å²) in [6.07, 6.45) is 1.95. The quantitative estimate of drug-likeness (QED) is 0.839. The maximum atomic E-state index is 5.42. The highest BCUT2D eigenvalue weighted by Gasteiger charge is 2.04. The van der Waals surface area contributed by atoms with Crippen LogP contribution in [0.5, 0.6) is 6.08 Å². The summed E-state index contributed by atoms with van der Waals surface area (Å²) in [5, 5.41) is 5.19. The molecule has 0 aliphatic heterocycles. The molecule has 0 amide bonds. The van der Waals surface area contributed by atoms with Gasteiger partial charge >= 0.3 is 6.08 Å².